The van der Waals surface area contributed by atoms with Crippen LogP contribution >= 0.6 is 0 Å². The number of amides is 1. The van der Waals surface area contributed by atoms with Crippen LogP contribution < -0.4 is 10.6 Å². The summed E-state index contributed by atoms with van der Waals surface area (Å²) in [4.78, 5) is 17.8. The topological polar surface area (TPSA) is 57.3 Å². The molecule has 1 aliphatic heterocycles. The van der Waals surface area contributed by atoms with Crippen LogP contribution in [0.25, 0.3) is 0 Å². The van der Waals surface area contributed by atoms with Gasteiger partial charge >= 0.3 is 0 Å². The van der Waals surface area contributed by atoms with Gasteiger partial charge in [-0.1, -0.05) is 0 Å². The zero-order valence-electron chi connectivity index (χ0n) is 11.5. The van der Waals surface area contributed by atoms with E-state index < -0.39 is 5.67 Å². The number of rotatable bonds is 4. The van der Waals surface area contributed by atoms with Crippen LogP contribution in [0, 0.1) is 6.92 Å². The summed E-state index contributed by atoms with van der Waals surface area (Å²) < 4.78 is 13.3. The molecule has 1 fully saturated rings. The lowest BCUT2D eigenvalue weighted by molar-refractivity contribution is -0.120. The van der Waals surface area contributed by atoms with Crippen LogP contribution in [0.4, 0.5) is 15.8 Å². The van der Waals surface area contributed by atoms with Crippen molar-refractivity contribution in [3.8, 4) is 0 Å². The van der Waals surface area contributed by atoms with Gasteiger partial charge in [0.1, 0.15) is 5.67 Å². The van der Waals surface area contributed by atoms with Gasteiger partial charge in [-0.2, -0.15) is 0 Å². The largest absolute Gasteiger partial charge is 0.387 e. The molecule has 19 heavy (non-hydrogen) atoms. The molecule has 2 heterocycles. The molecule has 2 N–H and O–H groups in total. The number of hydrogen-bond donors (Lipinski definition) is 2. The van der Waals surface area contributed by atoms with Crippen molar-refractivity contribution in [3.63, 3.8) is 0 Å². The Morgan fingerprint density at radius 2 is 2.26 bits per heavy atom. The first kappa shape index (κ1) is 13.7. The number of aryl methyl sites for hydroxylation is 1. The maximum atomic E-state index is 13.3. The average Bonchev–Trinajstić information content (AvgIpc) is 2.29. The number of carbonyl (C=O) groups excluding carboxylic acids is 1. The summed E-state index contributed by atoms with van der Waals surface area (Å²) in [6.07, 6.45) is 1.61. The van der Waals surface area contributed by atoms with Crippen molar-refractivity contribution in [2.45, 2.75) is 19.5 Å². The number of nitrogens with zero attached hydrogens (tertiary/aromatic N) is 2. The van der Waals surface area contributed by atoms with E-state index in [4.69, 9.17) is 0 Å². The fraction of sp³-hybridized carbons (Fsp3) is 0.538. The van der Waals surface area contributed by atoms with Crippen LogP contribution in [0.15, 0.2) is 12.3 Å². The Hall–Kier alpha value is -1.69. The third kappa shape index (κ3) is 3.41. The Morgan fingerprint density at radius 1 is 1.58 bits per heavy atom. The van der Waals surface area contributed by atoms with Crippen LogP contribution in [0.3, 0.4) is 0 Å². The molecule has 0 radical (unpaired) electrons. The van der Waals surface area contributed by atoms with E-state index in [-0.39, 0.29) is 12.5 Å². The average molecular weight is 266 g/mol. The summed E-state index contributed by atoms with van der Waals surface area (Å²) in [5.74, 6) is -0.150. The molecule has 1 amide bonds. The maximum absolute atomic E-state index is 13.3. The molecule has 1 saturated heterocycles. The molecule has 0 spiro atoms. The molecule has 0 saturated carbocycles. The highest BCUT2D eigenvalue weighted by Crippen LogP contribution is 2.24. The minimum absolute atomic E-state index is 0.150. The molecule has 0 aromatic carbocycles. The number of halogens is 1. The zero-order chi connectivity index (χ0) is 14.0. The molecule has 1 aromatic heterocycles. The molecule has 1 aromatic rings. The summed E-state index contributed by atoms with van der Waals surface area (Å²) in [6, 6.07) is 1.83. The Bertz CT molecular complexity index is 482. The zero-order valence-corrected chi connectivity index (χ0v) is 11.5. The van der Waals surface area contributed by atoms with E-state index in [1.165, 1.54) is 0 Å². The van der Waals surface area contributed by atoms with Gasteiger partial charge in [-0.05, 0) is 19.9 Å². The third-order valence-electron chi connectivity index (χ3n) is 3.11. The summed E-state index contributed by atoms with van der Waals surface area (Å²) in [6.45, 7) is 4.27. The van der Waals surface area contributed by atoms with Gasteiger partial charge < -0.3 is 10.6 Å². The van der Waals surface area contributed by atoms with E-state index >= 15 is 0 Å². The molecule has 2 rings (SSSR count). The number of hydrogen-bond acceptors (Lipinski definition) is 4. The first-order valence-electron chi connectivity index (χ1n) is 6.25. The van der Waals surface area contributed by atoms with Gasteiger partial charge in [-0.25, -0.2) is 4.39 Å². The van der Waals surface area contributed by atoms with Crippen LogP contribution in [0.2, 0.25) is 0 Å². The molecule has 5 nitrogen and oxygen atoms in total. The van der Waals surface area contributed by atoms with Gasteiger partial charge in [0.05, 0.1) is 29.8 Å². The van der Waals surface area contributed by atoms with Crippen molar-refractivity contribution in [3.05, 3.63) is 18.0 Å². The van der Waals surface area contributed by atoms with E-state index in [1.54, 1.807) is 25.1 Å². The van der Waals surface area contributed by atoms with Crippen molar-refractivity contribution in [1.29, 1.82) is 0 Å². The van der Waals surface area contributed by atoms with Crippen molar-refractivity contribution in [2.24, 2.45) is 0 Å². The predicted molar refractivity (Wildman–Crippen MR) is 73.1 cm³/mol. The van der Waals surface area contributed by atoms with Crippen molar-refractivity contribution in [2.75, 3.05) is 37.3 Å². The maximum Gasteiger partial charge on any atom is 0.238 e. The Labute approximate surface area is 112 Å². The second kappa shape index (κ2) is 5.13. The first-order valence-corrected chi connectivity index (χ1v) is 6.25. The normalized spacial score (nSPS) is 17.7. The standard InChI is InChI=1S/C13H19FN4O/c1-9-11(15-3)4-10(5-16-9)17-12(19)6-18-7-13(2,14)8-18/h4-5,15H,6-8H2,1-3H3,(H,17,19). The van der Waals surface area contributed by atoms with Gasteiger partial charge in [0.15, 0.2) is 0 Å². The van der Waals surface area contributed by atoms with Crippen LogP contribution in [-0.2, 0) is 4.79 Å². The van der Waals surface area contributed by atoms with Gasteiger partial charge in [0.2, 0.25) is 5.91 Å². The van der Waals surface area contributed by atoms with E-state index in [2.05, 4.69) is 15.6 Å². The van der Waals surface area contributed by atoms with Crippen LogP contribution in [0.5, 0.6) is 0 Å². The highest BCUT2D eigenvalue weighted by Gasteiger charge is 2.39. The number of likely N-dealkylation sites (tertiary alicyclic amines) is 1. The lowest BCUT2D eigenvalue weighted by Gasteiger charge is -2.41. The fourth-order valence-corrected chi connectivity index (χ4v) is 2.26. The number of aromatic nitrogens is 1. The number of pyridine rings is 1. The first-order chi connectivity index (χ1) is 8.89. The molecule has 0 aliphatic carbocycles. The molecule has 6 heteroatoms. The van der Waals surface area contributed by atoms with Gasteiger partial charge in [-0.3, -0.25) is 14.7 Å². The van der Waals surface area contributed by atoms with Crippen molar-refractivity contribution in [1.82, 2.24) is 9.88 Å². The molecule has 1 aliphatic rings. The number of carbonyl (C=O) groups is 1. The second-order valence-electron chi connectivity index (χ2n) is 5.21. The van der Waals surface area contributed by atoms with E-state index in [0.717, 1.165) is 11.4 Å². The second-order valence-corrected chi connectivity index (χ2v) is 5.21. The van der Waals surface area contributed by atoms with Gasteiger partial charge in [0.25, 0.3) is 0 Å². The summed E-state index contributed by atoms with van der Waals surface area (Å²) >= 11 is 0. The molecule has 0 bridgehead atoms. The quantitative estimate of drug-likeness (QED) is 0.865. The monoisotopic (exact) mass is 266 g/mol. The highest BCUT2D eigenvalue weighted by molar-refractivity contribution is 5.92. The SMILES string of the molecule is CNc1cc(NC(=O)CN2CC(C)(F)C2)cnc1C. The lowest BCUT2D eigenvalue weighted by Crippen LogP contribution is -2.58. The highest BCUT2D eigenvalue weighted by atomic mass is 19.1. The Kier molecular flexibility index (Phi) is 3.71. The third-order valence-corrected chi connectivity index (χ3v) is 3.11. The van der Waals surface area contributed by atoms with E-state index in [1.807, 2.05) is 13.0 Å². The van der Waals surface area contributed by atoms with Crippen LogP contribution in [-0.4, -0.2) is 48.1 Å². The Balaban J connectivity index is 1.89. The Morgan fingerprint density at radius 3 is 2.84 bits per heavy atom. The lowest BCUT2D eigenvalue weighted by atomic mass is 9.99. The van der Waals surface area contributed by atoms with E-state index in [9.17, 15) is 9.18 Å². The smallest absolute Gasteiger partial charge is 0.238 e. The number of anilines is 2. The van der Waals surface area contributed by atoms with Gasteiger partial charge in [0, 0.05) is 20.1 Å². The van der Waals surface area contributed by atoms with Gasteiger partial charge in [-0.15, -0.1) is 0 Å². The minimum atomic E-state index is -1.15. The van der Waals surface area contributed by atoms with Crippen molar-refractivity contribution < 1.29 is 9.18 Å². The summed E-state index contributed by atoms with van der Waals surface area (Å²) in [7, 11) is 1.80. The number of alkyl halides is 1. The molecule has 0 unspecified atom stereocenters. The van der Waals surface area contributed by atoms with E-state index in [0.29, 0.717) is 18.8 Å². The minimum Gasteiger partial charge on any atom is -0.387 e. The predicted octanol–water partition coefficient (Wildman–Crippen LogP) is 1.41. The molecule has 104 valence electrons. The van der Waals surface area contributed by atoms with Crippen LogP contribution in [0.1, 0.15) is 12.6 Å². The summed E-state index contributed by atoms with van der Waals surface area (Å²) in [5.41, 5.74) is 1.24. The summed E-state index contributed by atoms with van der Waals surface area (Å²) in [5, 5.41) is 5.77. The molecular weight excluding hydrogens is 247 g/mol. The van der Waals surface area contributed by atoms with Crippen molar-refractivity contribution >= 4 is 17.3 Å². The fourth-order valence-electron chi connectivity index (χ4n) is 2.26. The molecule has 0 atom stereocenters. The molecular formula is C13H19FN4O. The number of nitrogens with one attached hydrogen (secondary N) is 2.